The number of carbonyl (C=O) groups excluding carboxylic acids is 2. The summed E-state index contributed by atoms with van der Waals surface area (Å²) >= 11 is 3.16. The van der Waals surface area contributed by atoms with E-state index in [2.05, 4.69) is 31.5 Å². The van der Waals surface area contributed by atoms with E-state index in [0.717, 1.165) is 32.8 Å². The van der Waals surface area contributed by atoms with Gasteiger partial charge >= 0.3 is 12.1 Å². The highest BCUT2D eigenvalue weighted by atomic mass is 79.9. The van der Waals surface area contributed by atoms with Crippen LogP contribution in [0.4, 0.5) is 18.9 Å². The van der Waals surface area contributed by atoms with Gasteiger partial charge in [-0.25, -0.2) is 4.79 Å². The summed E-state index contributed by atoms with van der Waals surface area (Å²) in [6.07, 6.45) is -5.08. The van der Waals surface area contributed by atoms with Crippen molar-refractivity contribution in [2.24, 2.45) is 0 Å². The van der Waals surface area contributed by atoms with Crippen molar-refractivity contribution in [1.29, 1.82) is 0 Å². The molecule has 3 N–H and O–H groups in total. The monoisotopic (exact) mass is 535 g/mol. The summed E-state index contributed by atoms with van der Waals surface area (Å²) < 4.78 is 42.7. The molecule has 180 valence electrons. The third kappa shape index (κ3) is 9.24. The highest BCUT2D eigenvalue weighted by Gasteiger charge is 2.38. The van der Waals surface area contributed by atoms with E-state index in [-0.39, 0.29) is 17.6 Å². The highest BCUT2D eigenvalue weighted by Crippen LogP contribution is 2.16. The van der Waals surface area contributed by atoms with Crippen molar-refractivity contribution in [3.63, 3.8) is 0 Å². The first kappa shape index (κ1) is 26.4. The first-order valence-corrected chi connectivity index (χ1v) is 10.4. The molecule has 0 unspecified atom stereocenters. The van der Waals surface area contributed by atoms with E-state index in [0.29, 0.717) is 22.5 Å². The molecular weight excluding hydrogens is 515 g/mol. The van der Waals surface area contributed by atoms with Crippen molar-refractivity contribution in [2.75, 3.05) is 44.7 Å². The Balaban J connectivity index is 0.000000479. The molecule has 9 nitrogen and oxygen atoms in total. The fourth-order valence-corrected chi connectivity index (χ4v) is 2.89. The number of nitrogens with one attached hydrogen (secondary N) is 2. The number of aliphatic carboxylic acids is 1. The van der Waals surface area contributed by atoms with Crippen LogP contribution in [-0.4, -0.2) is 73.4 Å². The van der Waals surface area contributed by atoms with Gasteiger partial charge in [-0.05, 0) is 52.3 Å². The van der Waals surface area contributed by atoms with E-state index in [4.69, 9.17) is 19.1 Å². The molecule has 2 aromatic rings. The zero-order valence-corrected chi connectivity index (χ0v) is 18.7. The molecule has 0 radical (unpaired) electrons. The summed E-state index contributed by atoms with van der Waals surface area (Å²) in [4.78, 5) is 35.4. The molecule has 13 heteroatoms. The van der Waals surface area contributed by atoms with Crippen molar-refractivity contribution in [1.82, 2.24) is 10.2 Å². The molecule has 3 rings (SSSR count). The van der Waals surface area contributed by atoms with E-state index in [1.807, 2.05) is 0 Å². The highest BCUT2D eigenvalue weighted by molar-refractivity contribution is 9.10. The van der Waals surface area contributed by atoms with E-state index >= 15 is 0 Å². The summed E-state index contributed by atoms with van der Waals surface area (Å²) in [5.41, 5.74) is 1.14. The van der Waals surface area contributed by atoms with Crippen molar-refractivity contribution >= 4 is 39.4 Å². The van der Waals surface area contributed by atoms with Crippen LogP contribution in [-0.2, 0) is 9.53 Å². The standard InChI is InChI=1S/C18H20BrN3O4.C2HF3O2/c19-16-6-5-15(26-16)18(24)21-14-3-1-13(2-4-14)17(23)20-7-8-22-9-11-25-12-10-22;3-2(4,5)1(6)7/h1-6H,7-12H2,(H,20,23)(H,21,24);(H,6,7). The van der Waals surface area contributed by atoms with Crippen LogP contribution < -0.4 is 10.6 Å². The van der Waals surface area contributed by atoms with Gasteiger partial charge < -0.3 is 24.9 Å². The molecule has 1 saturated heterocycles. The van der Waals surface area contributed by atoms with Crippen molar-refractivity contribution in [2.45, 2.75) is 6.18 Å². The summed E-state index contributed by atoms with van der Waals surface area (Å²) in [7, 11) is 0. The van der Waals surface area contributed by atoms with Gasteiger partial charge in [0.15, 0.2) is 10.4 Å². The lowest BCUT2D eigenvalue weighted by Gasteiger charge is -2.26. The SMILES string of the molecule is O=C(NCCN1CCOCC1)c1ccc(NC(=O)c2ccc(Br)o2)cc1.O=C(O)C(F)(F)F. The average Bonchev–Trinajstić information content (AvgIpc) is 3.21. The molecule has 0 aliphatic carbocycles. The average molecular weight is 536 g/mol. The number of alkyl halides is 3. The Hall–Kier alpha value is -2.90. The molecule has 0 atom stereocenters. The molecule has 33 heavy (non-hydrogen) atoms. The van der Waals surface area contributed by atoms with Gasteiger partial charge in [-0.1, -0.05) is 0 Å². The second kappa shape index (κ2) is 12.4. The number of furan rings is 1. The number of nitrogens with zero attached hydrogens (tertiary/aromatic N) is 1. The zero-order valence-electron chi connectivity index (χ0n) is 17.2. The number of hydrogen-bond donors (Lipinski definition) is 3. The lowest BCUT2D eigenvalue weighted by atomic mass is 10.2. The van der Waals surface area contributed by atoms with Crippen LogP contribution in [0, 0.1) is 0 Å². The molecule has 0 bridgehead atoms. The summed E-state index contributed by atoms with van der Waals surface area (Å²) in [6, 6.07) is 9.96. The number of carbonyl (C=O) groups is 3. The number of morpholine rings is 1. The topological polar surface area (TPSA) is 121 Å². The van der Waals surface area contributed by atoms with Crippen molar-refractivity contribution in [3.05, 3.63) is 52.4 Å². The van der Waals surface area contributed by atoms with Crippen LogP contribution in [0.15, 0.2) is 45.5 Å². The van der Waals surface area contributed by atoms with Crippen LogP contribution in [0.25, 0.3) is 0 Å². The minimum Gasteiger partial charge on any atom is -0.475 e. The van der Waals surface area contributed by atoms with E-state index in [1.165, 1.54) is 0 Å². The number of amides is 2. The lowest BCUT2D eigenvalue weighted by molar-refractivity contribution is -0.192. The Morgan fingerprint density at radius 1 is 1.03 bits per heavy atom. The van der Waals surface area contributed by atoms with Crippen LogP contribution in [0.3, 0.4) is 0 Å². The maximum absolute atomic E-state index is 12.2. The minimum atomic E-state index is -5.08. The van der Waals surface area contributed by atoms with Gasteiger partial charge in [0, 0.05) is 37.4 Å². The summed E-state index contributed by atoms with van der Waals surface area (Å²) in [5.74, 6) is -3.03. The third-order valence-electron chi connectivity index (χ3n) is 4.26. The quantitative estimate of drug-likeness (QED) is 0.519. The van der Waals surface area contributed by atoms with Crippen molar-refractivity contribution < 1.29 is 41.8 Å². The van der Waals surface area contributed by atoms with Gasteiger partial charge in [0.1, 0.15) is 0 Å². The number of ether oxygens (including phenoxy) is 1. The van der Waals surface area contributed by atoms with Crippen LogP contribution in [0.2, 0.25) is 0 Å². The Morgan fingerprint density at radius 2 is 1.64 bits per heavy atom. The number of carboxylic acid groups (broad SMARTS) is 1. The van der Waals surface area contributed by atoms with Crippen LogP contribution >= 0.6 is 15.9 Å². The molecule has 1 aliphatic rings. The Bertz CT molecular complexity index is 943. The molecule has 1 fully saturated rings. The largest absolute Gasteiger partial charge is 0.490 e. The predicted molar refractivity (Wildman–Crippen MR) is 114 cm³/mol. The van der Waals surface area contributed by atoms with Gasteiger partial charge in [0.05, 0.1) is 13.2 Å². The summed E-state index contributed by atoms with van der Waals surface area (Å²) in [5, 5.41) is 12.8. The zero-order chi connectivity index (χ0) is 24.4. The first-order valence-electron chi connectivity index (χ1n) is 9.61. The van der Waals surface area contributed by atoms with Crippen LogP contribution in [0.1, 0.15) is 20.9 Å². The molecule has 2 heterocycles. The van der Waals surface area contributed by atoms with E-state index in [9.17, 15) is 22.8 Å². The molecule has 2 amide bonds. The Morgan fingerprint density at radius 3 is 2.15 bits per heavy atom. The number of halogens is 4. The van der Waals surface area contributed by atoms with E-state index in [1.54, 1.807) is 36.4 Å². The Kier molecular flexibility index (Phi) is 9.88. The van der Waals surface area contributed by atoms with E-state index < -0.39 is 12.1 Å². The van der Waals surface area contributed by atoms with Crippen molar-refractivity contribution in [3.8, 4) is 0 Å². The van der Waals surface area contributed by atoms with Gasteiger partial charge in [0.25, 0.3) is 11.8 Å². The number of carboxylic acids is 1. The maximum atomic E-state index is 12.2. The molecule has 1 aromatic carbocycles. The lowest BCUT2D eigenvalue weighted by Crippen LogP contribution is -2.41. The van der Waals surface area contributed by atoms with Gasteiger partial charge in [-0.15, -0.1) is 0 Å². The number of hydrogen-bond acceptors (Lipinski definition) is 6. The molecule has 0 spiro atoms. The normalized spacial score (nSPS) is 14.1. The molecular formula is C20H21BrF3N3O6. The number of rotatable bonds is 6. The Labute approximate surface area is 195 Å². The van der Waals surface area contributed by atoms with Crippen LogP contribution in [0.5, 0.6) is 0 Å². The second-order valence-electron chi connectivity index (χ2n) is 6.65. The first-order chi connectivity index (χ1) is 15.6. The number of benzene rings is 1. The van der Waals surface area contributed by atoms with Gasteiger partial charge in [-0.3, -0.25) is 14.5 Å². The predicted octanol–water partition coefficient (Wildman–Crippen LogP) is 2.99. The molecule has 0 saturated carbocycles. The second-order valence-corrected chi connectivity index (χ2v) is 7.43. The summed E-state index contributed by atoms with van der Waals surface area (Å²) in [6.45, 7) is 4.69. The fraction of sp³-hybridized carbons (Fsp3) is 0.350. The van der Waals surface area contributed by atoms with Gasteiger partial charge in [-0.2, -0.15) is 13.2 Å². The molecule has 1 aliphatic heterocycles. The molecule has 1 aromatic heterocycles. The smallest absolute Gasteiger partial charge is 0.475 e. The van der Waals surface area contributed by atoms with Gasteiger partial charge in [0.2, 0.25) is 0 Å². The fourth-order valence-electron chi connectivity index (χ4n) is 2.59. The maximum Gasteiger partial charge on any atom is 0.490 e. The third-order valence-corrected chi connectivity index (χ3v) is 4.69. The minimum absolute atomic E-state index is 0.133. The number of anilines is 1.